The Labute approximate surface area is 139 Å². The van der Waals surface area contributed by atoms with Gasteiger partial charge in [-0.05, 0) is 36.2 Å². The Morgan fingerprint density at radius 3 is 2.59 bits per heavy atom. The summed E-state index contributed by atoms with van der Waals surface area (Å²) in [5.41, 5.74) is 0.884. The van der Waals surface area contributed by atoms with Crippen molar-refractivity contribution in [3.63, 3.8) is 0 Å². The maximum Gasteiger partial charge on any atom is 0.224 e. The van der Waals surface area contributed by atoms with Crippen molar-refractivity contribution in [3.8, 4) is 11.5 Å². The van der Waals surface area contributed by atoms with Crippen molar-refractivity contribution in [1.82, 2.24) is 5.32 Å². The van der Waals surface area contributed by atoms with Gasteiger partial charge in [-0.15, -0.1) is 11.3 Å². The van der Waals surface area contributed by atoms with Crippen LogP contribution in [0.25, 0.3) is 0 Å². The van der Waals surface area contributed by atoms with Crippen molar-refractivity contribution < 1.29 is 14.3 Å². The van der Waals surface area contributed by atoms with Crippen LogP contribution in [0.4, 0.5) is 0 Å². The summed E-state index contributed by atoms with van der Waals surface area (Å²) in [4.78, 5) is 13.1. The quantitative estimate of drug-likeness (QED) is 0.841. The lowest BCUT2D eigenvalue weighted by Gasteiger charge is -2.09. The number of hydrogen-bond acceptors (Lipinski definition) is 4. The number of thiophene rings is 1. The molecule has 0 fully saturated rings. The Morgan fingerprint density at radius 1 is 1.18 bits per heavy atom. The number of amides is 1. The second-order valence-corrected chi connectivity index (χ2v) is 6.47. The van der Waals surface area contributed by atoms with Gasteiger partial charge in [0.25, 0.3) is 0 Å². The van der Waals surface area contributed by atoms with Gasteiger partial charge in [-0.2, -0.15) is 0 Å². The summed E-state index contributed by atoms with van der Waals surface area (Å²) in [6.07, 6.45) is 1.10. The maximum atomic E-state index is 12.0. The number of hydrogen-bond donors (Lipinski definition) is 1. The topological polar surface area (TPSA) is 47.6 Å². The van der Waals surface area contributed by atoms with Gasteiger partial charge in [-0.1, -0.05) is 17.7 Å². The predicted octanol–water partition coefficient (Wildman–Crippen LogP) is 3.32. The third-order valence-corrected chi connectivity index (χ3v) is 4.43. The fourth-order valence-electron chi connectivity index (χ4n) is 2.05. The monoisotopic (exact) mass is 339 g/mol. The zero-order chi connectivity index (χ0) is 15.9. The lowest BCUT2D eigenvalue weighted by atomic mass is 10.1. The molecule has 0 saturated carbocycles. The largest absolute Gasteiger partial charge is 0.493 e. The number of rotatable bonds is 7. The summed E-state index contributed by atoms with van der Waals surface area (Å²) in [5, 5.41) is 2.91. The van der Waals surface area contributed by atoms with E-state index in [0.717, 1.165) is 21.2 Å². The Kier molecular flexibility index (Phi) is 6.10. The molecule has 22 heavy (non-hydrogen) atoms. The molecule has 1 aromatic heterocycles. The second kappa shape index (κ2) is 8.06. The summed E-state index contributed by atoms with van der Waals surface area (Å²) in [6, 6.07) is 9.33. The summed E-state index contributed by atoms with van der Waals surface area (Å²) in [6.45, 7) is 0.600. The van der Waals surface area contributed by atoms with Gasteiger partial charge < -0.3 is 14.8 Å². The highest BCUT2D eigenvalue weighted by Crippen LogP contribution is 2.27. The molecule has 0 unspecified atom stereocenters. The third kappa shape index (κ3) is 4.64. The van der Waals surface area contributed by atoms with Gasteiger partial charge >= 0.3 is 0 Å². The van der Waals surface area contributed by atoms with E-state index in [2.05, 4.69) is 5.32 Å². The molecule has 1 N–H and O–H groups in total. The number of nitrogens with one attached hydrogen (secondary N) is 1. The van der Waals surface area contributed by atoms with E-state index in [1.807, 2.05) is 24.3 Å². The van der Waals surface area contributed by atoms with Crippen LogP contribution in [-0.2, 0) is 17.6 Å². The molecule has 1 aromatic carbocycles. The van der Waals surface area contributed by atoms with Crippen molar-refractivity contribution in [1.29, 1.82) is 0 Å². The summed E-state index contributed by atoms with van der Waals surface area (Å²) >= 11 is 7.41. The molecule has 6 heteroatoms. The highest BCUT2D eigenvalue weighted by atomic mass is 35.5. The zero-order valence-corrected chi connectivity index (χ0v) is 14.1. The number of ether oxygens (including phenoxy) is 2. The second-order valence-electron chi connectivity index (χ2n) is 4.67. The van der Waals surface area contributed by atoms with Gasteiger partial charge in [0.15, 0.2) is 11.5 Å². The molecular formula is C16H18ClNO3S. The molecule has 2 rings (SSSR count). The van der Waals surface area contributed by atoms with E-state index in [0.29, 0.717) is 24.5 Å². The number of benzene rings is 1. The molecule has 0 aliphatic rings. The average Bonchev–Trinajstić information content (AvgIpc) is 2.92. The van der Waals surface area contributed by atoms with Gasteiger partial charge in [-0.3, -0.25) is 4.79 Å². The highest BCUT2D eigenvalue weighted by molar-refractivity contribution is 7.16. The van der Waals surface area contributed by atoms with E-state index in [9.17, 15) is 4.79 Å². The average molecular weight is 340 g/mol. The molecule has 1 amide bonds. The van der Waals surface area contributed by atoms with Gasteiger partial charge in [0.05, 0.1) is 25.0 Å². The standard InChI is InChI=1S/C16H18ClNO3S/c1-20-13-5-3-11(9-14(13)21-2)10-16(19)18-8-7-12-4-6-15(17)22-12/h3-6,9H,7-8,10H2,1-2H3,(H,18,19). The molecule has 4 nitrogen and oxygen atoms in total. The van der Waals surface area contributed by atoms with Gasteiger partial charge in [-0.25, -0.2) is 0 Å². The van der Waals surface area contributed by atoms with Crippen LogP contribution < -0.4 is 14.8 Å². The Balaban J connectivity index is 1.84. The molecule has 0 spiro atoms. The van der Waals surface area contributed by atoms with Crippen molar-refractivity contribution in [2.24, 2.45) is 0 Å². The Hall–Kier alpha value is -1.72. The number of methoxy groups -OCH3 is 2. The summed E-state index contributed by atoms with van der Waals surface area (Å²) in [7, 11) is 3.16. The van der Waals surface area contributed by atoms with E-state index in [-0.39, 0.29) is 5.91 Å². The summed E-state index contributed by atoms with van der Waals surface area (Å²) < 4.78 is 11.2. The first-order chi connectivity index (χ1) is 10.6. The van der Waals surface area contributed by atoms with Crippen molar-refractivity contribution in [2.45, 2.75) is 12.8 Å². The first-order valence-electron chi connectivity index (χ1n) is 6.84. The minimum atomic E-state index is -0.0186. The normalized spacial score (nSPS) is 10.3. The highest BCUT2D eigenvalue weighted by Gasteiger charge is 2.08. The van der Waals surface area contributed by atoms with Gasteiger partial charge in [0.2, 0.25) is 5.91 Å². The molecule has 0 saturated heterocycles. The van der Waals surface area contributed by atoms with Gasteiger partial charge in [0.1, 0.15) is 0 Å². The zero-order valence-electron chi connectivity index (χ0n) is 12.5. The first kappa shape index (κ1) is 16.6. The van der Waals surface area contributed by atoms with Crippen LogP contribution >= 0.6 is 22.9 Å². The molecule has 118 valence electrons. The van der Waals surface area contributed by atoms with E-state index in [1.165, 1.54) is 11.3 Å². The fourth-order valence-corrected chi connectivity index (χ4v) is 3.14. The SMILES string of the molecule is COc1ccc(CC(=O)NCCc2ccc(Cl)s2)cc1OC. The smallest absolute Gasteiger partial charge is 0.224 e. The molecule has 0 radical (unpaired) electrons. The number of halogens is 1. The predicted molar refractivity (Wildman–Crippen MR) is 89.3 cm³/mol. The fraction of sp³-hybridized carbons (Fsp3) is 0.312. The van der Waals surface area contributed by atoms with Crippen LogP contribution in [0.5, 0.6) is 11.5 Å². The van der Waals surface area contributed by atoms with Crippen LogP contribution in [0.15, 0.2) is 30.3 Å². The molecular weight excluding hydrogens is 322 g/mol. The molecule has 0 bridgehead atoms. The lowest BCUT2D eigenvalue weighted by Crippen LogP contribution is -2.27. The third-order valence-electron chi connectivity index (χ3n) is 3.14. The van der Waals surface area contributed by atoms with E-state index < -0.39 is 0 Å². The Morgan fingerprint density at radius 2 is 1.95 bits per heavy atom. The van der Waals surface area contributed by atoms with Crippen molar-refractivity contribution >= 4 is 28.8 Å². The summed E-state index contributed by atoms with van der Waals surface area (Å²) in [5.74, 6) is 1.26. The van der Waals surface area contributed by atoms with Crippen molar-refractivity contribution in [3.05, 3.63) is 45.1 Å². The number of carbonyl (C=O) groups excluding carboxylic acids is 1. The first-order valence-corrected chi connectivity index (χ1v) is 8.03. The minimum Gasteiger partial charge on any atom is -0.493 e. The minimum absolute atomic E-state index is 0.0186. The van der Waals surface area contributed by atoms with Crippen LogP contribution in [-0.4, -0.2) is 26.7 Å². The van der Waals surface area contributed by atoms with Gasteiger partial charge in [0, 0.05) is 11.4 Å². The van der Waals surface area contributed by atoms with E-state index in [1.54, 1.807) is 20.3 Å². The number of carbonyl (C=O) groups is 1. The van der Waals surface area contributed by atoms with Crippen LogP contribution in [0, 0.1) is 0 Å². The van der Waals surface area contributed by atoms with Crippen molar-refractivity contribution in [2.75, 3.05) is 20.8 Å². The van der Waals surface area contributed by atoms with E-state index in [4.69, 9.17) is 21.1 Å². The lowest BCUT2D eigenvalue weighted by molar-refractivity contribution is -0.120. The van der Waals surface area contributed by atoms with E-state index >= 15 is 0 Å². The van der Waals surface area contributed by atoms with Crippen LogP contribution in [0.3, 0.4) is 0 Å². The maximum absolute atomic E-state index is 12.0. The molecule has 2 aromatic rings. The molecule has 0 aliphatic heterocycles. The van der Waals surface area contributed by atoms with Crippen LogP contribution in [0.1, 0.15) is 10.4 Å². The Bertz CT molecular complexity index is 642. The molecule has 1 heterocycles. The van der Waals surface area contributed by atoms with Crippen LogP contribution in [0.2, 0.25) is 4.34 Å². The molecule has 0 aliphatic carbocycles. The molecule has 0 atom stereocenters.